The van der Waals surface area contributed by atoms with Crippen molar-refractivity contribution in [1.82, 2.24) is 0 Å². The van der Waals surface area contributed by atoms with Gasteiger partial charge >= 0.3 is 5.97 Å². The van der Waals surface area contributed by atoms with Gasteiger partial charge in [0.05, 0.1) is 16.9 Å². The number of esters is 1. The molecule has 2 aromatic rings. The summed E-state index contributed by atoms with van der Waals surface area (Å²) in [6.45, 7) is -0.0260. The molecule has 140 valence electrons. The van der Waals surface area contributed by atoms with Gasteiger partial charge in [-0.3, -0.25) is 9.59 Å². The fourth-order valence-corrected chi connectivity index (χ4v) is 2.94. The van der Waals surface area contributed by atoms with Gasteiger partial charge < -0.3 is 15.0 Å². The second-order valence-corrected chi connectivity index (χ2v) is 6.35. The van der Waals surface area contributed by atoms with Crippen molar-refractivity contribution in [2.75, 3.05) is 23.4 Å². The van der Waals surface area contributed by atoms with Gasteiger partial charge in [0.25, 0.3) is 5.91 Å². The number of para-hydroxylation sites is 2. The number of hydrogen-bond acceptors (Lipinski definition) is 4. The SMILES string of the molecule is O=C(COC(=O)c1cc(Cl)ccc1F)Nc1ccccc1N1CCCC1=O. The van der Waals surface area contributed by atoms with Crippen molar-refractivity contribution in [3.8, 4) is 0 Å². The number of carbonyl (C=O) groups excluding carboxylic acids is 3. The second kappa shape index (κ2) is 8.18. The van der Waals surface area contributed by atoms with Crippen molar-refractivity contribution in [3.05, 3.63) is 58.9 Å². The molecule has 3 rings (SSSR count). The summed E-state index contributed by atoms with van der Waals surface area (Å²) in [6, 6.07) is 10.3. The van der Waals surface area contributed by atoms with Crippen molar-refractivity contribution in [3.63, 3.8) is 0 Å². The highest BCUT2D eigenvalue weighted by molar-refractivity contribution is 6.30. The number of hydrogen-bond donors (Lipinski definition) is 1. The topological polar surface area (TPSA) is 75.7 Å². The molecule has 0 aliphatic carbocycles. The minimum Gasteiger partial charge on any atom is -0.452 e. The normalized spacial score (nSPS) is 13.6. The van der Waals surface area contributed by atoms with E-state index in [1.165, 1.54) is 6.07 Å². The van der Waals surface area contributed by atoms with Crippen molar-refractivity contribution < 1.29 is 23.5 Å². The van der Waals surface area contributed by atoms with Gasteiger partial charge in [0.1, 0.15) is 5.82 Å². The molecule has 1 heterocycles. The Balaban J connectivity index is 1.64. The molecule has 0 spiro atoms. The van der Waals surface area contributed by atoms with E-state index in [1.807, 2.05) is 0 Å². The Morgan fingerprint density at radius 2 is 2.00 bits per heavy atom. The zero-order valence-electron chi connectivity index (χ0n) is 14.2. The van der Waals surface area contributed by atoms with Crippen molar-refractivity contribution >= 4 is 40.8 Å². The van der Waals surface area contributed by atoms with Crippen LogP contribution < -0.4 is 10.2 Å². The third kappa shape index (κ3) is 4.43. The monoisotopic (exact) mass is 390 g/mol. The van der Waals surface area contributed by atoms with Crippen LogP contribution in [0.4, 0.5) is 15.8 Å². The molecule has 2 amide bonds. The van der Waals surface area contributed by atoms with Gasteiger partial charge in [0, 0.05) is 18.0 Å². The smallest absolute Gasteiger partial charge is 0.341 e. The fourth-order valence-electron chi connectivity index (χ4n) is 2.77. The maximum atomic E-state index is 13.7. The fraction of sp³-hybridized carbons (Fsp3) is 0.211. The summed E-state index contributed by atoms with van der Waals surface area (Å²) >= 11 is 5.74. The molecule has 8 heteroatoms. The van der Waals surface area contributed by atoms with Crippen LogP contribution in [0.5, 0.6) is 0 Å². The molecule has 6 nitrogen and oxygen atoms in total. The van der Waals surface area contributed by atoms with Crippen molar-refractivity contribution in [2.45, 2.75) is 12.8 Å². The second-order valence-electron chi connectivity index (χ2n) is 5.91. The number of carbonyl (C=O) groups is 3. The average Bonchev–Trinajstić information content (AvgIpc) is 3.08. The van der Waals surface area contributed by atoms with E-state index in [0.29, 0.717) is 24.3 Å². The van der Waals surface area contributed by atoms with Crippen LogP contribution in [0.1, 0.15) is 23.2 Å². The molecule has 0 unspecified atom stereocenters. The summed E-state index contributed by atoms with van der Waals surface area (Å²) in [5, 5.41) is 2.79. The van der Waals surface area contributed by atoms with Crippen LogP contribution >= 0.6 is 11.6 Å². The molecule has 1 fully saturated rings. The van der Waals surface area contributed by atoms with E-state index in [4.69, 9.17) is 16.3 Å². The number of halogens is 2. The van der Waals surface area contributed by atoms with Crippen LogP contribution in [0.15, 0.2) is 42.5 Å². The first-order chi connectivity index (χ1) is 13.0. The molecule has 0 atom stereocenters. The summed E-state index contributed by atoms with van der Waals surface area (Å²) in [5.41, 5.74) is 0.668. The first-order valence-electron chi connectivity index (χ1n) is 8.27. The molecular weight excluding hydrogens is 375 g/mol. The first kappa shape index (κ1) is 18.8. The Bertz CT molecular complexity index is 903. The summed E-state index contributed by atoms with van der Waals surface area (Å²) in [5.74, 6) is -2.40. The molecule has 1 N–H and O–H groups in total. The van der Waals surface area contributed by atoms with E-state index >= 15 is 0 Å². The number of rotatable bonds is 5. The van der Waals surface area contributed by atoms with Gasteiger partial charge in [0.2, 0.25) is 5.91 Å². The quantitative estimate of drug-likeness (QED) is 0.794. The summed E-state index contributed by atoms with van der Waals surface area (Å²) < 4.78 is 18.5. The molecule has 1 saturated heterocycles. The highest BCUT2D eigenvalue weighted by Gasteiger charge is 2.24. The first-order valence-corrected chi connectivity index (χ1v) is 8.65. The predicted molar refractivity (Wildman–Crippen MR) is 98.4 cm³/mol. The van der Waals surface area contributed by atoms with Crippen LogP contribution in [-0.4, -0.2) is 30.9 Å². The molecule has 1 aliphatic rings. The van der Waals surface area contributed by atoms with Gasteiger partial charge in [-0.05, 0) is 36.8 Å². The Morgan fingerprint density at radius 1 is 1.22 bits per heavy atom. The van der Waals surface area contributed by atoms with Crippen molar-refractivity contribution in [2.24, 2.45) is 0 Å². The average molecular weight is 391 g/mol. The Morgan fingerprint density at radius 3 is 2.74 bits per heavy atom. The Labute approximate surface area is 159 Å². The summed E-state index contributed by atoms with van der Waals surface area (Å²) in [7, 11) is 0. The minimum atomic E-state index is -0.992. The number of nitrogens with zero attached hydrogens (tertiary/aromatic N) is 1. The van der Waals surface area contributed by atoms with E-state index in [2.05, 4.69) is 5.32 Å². The third-order valence-electron chi connectivity index (χ3n) is 4.03. The standard InChI is InChI=1S/C19H16ClFN2O4/c20-12-7-8-14(21)13(10-12)19(26)27-11-17(24)22-15-4-1-2-5-16(15)23-9-3-6-18(23)25/h1-2,4-5,7-8,10H,3,6,9,11H2,(H,22,24). The molecule has 2 aromatic carbocycles. The lowest BCUT2D eigenvalue weighted by atomic mass is 10.2. The lowest BCUT2D eigenvalue weighted by molar-refractivity contribution is -0.119. The van der Waals surface area contributed by atoms with Gasteiger partial charge in [0.15, 0.2) is 6.61 Å². The van der Waals surface area contributed by atoms with E-state index in [0.717, 1.165) is 18.6 Å². The van der Waals surface area contributed by atoms with Crippen LogP contribution in [0.3, 0.4) is 0 Å². The number of anilines is 2. The molecule has 0 aromatic heterocycles. The van der Waals surface area contributed by atoms with Crippen LogP contribution in [0.25, 0.3) is 0 Å². The maximum Gasteiger partial charge on any atom is 0.341 e. The molecular formula is C19H16ClFN2O4. The Kier molecular flexibility index (Phi) is 5.71. The van der Waals surface area contributed by atoms with Crippen LogP contribution in [-0.2, 0) is 14.3 Å². The number of nitrogens with one attached hydrogen (secondary N) is 1. The zero-order valence-corrected chi connectivity index (χ0v) is 15.0. The molecule has 0 saturated carbocycles. The predicted octanol–water partition coefficient (Wildman–Crippen LogP) is 3.40. The van der Waals surface area contributed by atoms with Gasteiger partial charge in [-0.1, -0.05) is 23.7 Å². The number of amides is 2. The van der Waals surface area contributed by atoms with Gasteiger partial charge in [-0.25, -0.2) is 9.18 Å². The molecule has 27 heavy (non-hydrogen) atoms. The molecule has 1 aliphatic heterocycles. The summed E-state index contributed by atoms with van der Waals surface area (Å²) in [4.78, 5) is 37.6. The largest absolute Gasteiger partial charge is 0.452 e. The highest BCUT2D eigenvalue weighted by Crippen LogP contribution is 2.29. The van der Waals surface area contributed by atoms with E-state index < -0.39 is 24.3 Å². The lowest BCUT2D eigenvalue weighted by Gasteiger charge is -2.19. The molecule has 0 bridgehead atoms. The third-order valence-corrected chi connectivity index (χ3v) is 4.26. The van der Waals surface area contributed by atoms with E-state index in [-0.39, 0.29) is 16.5 Å². The lowest BCUT2D eigenvalue weighted by Crippen LogP contribution is -2.27. The highest BCUT2D eigenvalue weighted by atomic mass is 35.5. The maximum absolute atomic E-state index is 13.7. The van der Waals surface area contributed by atoms with E-state index in [1.54, 1.807) is 29.2 Å². The molecule has 0 radical (unpaired) electrons. The van der Waals surface area contributed by atoms with Crippen LogP contribution in [0.2, 0.25) is 5.02 Å². The zero-order chi connectivity index (χ0) is 19.4. The van der Waals surface area contributed by atoms with Crippen LogP contribution in [0, 0.1) is 5.82 Å². The van der Waals surface area contributed by atoms with Crippen molar-refractivity contribution in [1.29, 1.82) is 0 Å². The van der Waals surface area contributed by atoms with Gasteiger partial charge in [-0.2, -0.15) is 0 Å². The van der Waals surface area contributed by atoms with E-state index in [9.17, 15) is 18.8 Å². The summed E-state index contributed by atoms with van der Waals surface area (Å²) in [6.07, 6.45) is 1.22. The Hall–Kier alpha value is -2.93. The number of ether oxygens (including phenoxy) is 1. The minimum absolute atomic E-state index is 0.0143. The number of benzene rings is 2. The van der Waals surface area contributed by atoms with Gasteiger partial charge in [-0.15, -0.1) is 0 Å².